The molecule has 4 atom stereocenters. The number of aromatic nitrogens is 3. The molecular formula is C20H21N5O2. The maximum Gasteiger partial charge on any atom is 0.260 e. The van der Waals surface area contributed by atoms with Crippen LogP contribution >= 0.6 is 0 Å². The minimum Gasteiger partial charge on any atom is -0.352 e. The monoisotopic (exact) mass is 363 g/mol. The molecule has 1 saturated heterocycles. The largest absolute Gasteiger partial charge is 0.352 e. The molecule has 1 N–H and O–H groups in total. The molecule has 0 unspecified atom stereocenters. The lowest BCUT2D eigenvalue weighted by atomic mass is 9.85. The van der Waals surface area contributed by atoms with Crippen LogP contribution in [-0.2, 0) is 9.59 Å². The average Bonchev–Trinajstić information content (AvgIpc) is 3.21. The molecule has 3 heterocycles. The van der Waals surface area contributed by atoms with Gasteiger partial charge in [0.15, 0.2) is 0 Å². The van der Waals surface area contributed by atoms with E-state index < -0.39 is 0 Å². The number of imide groups is 1. The number of hydrogen-bond acceptors (Lipinski definition) is 5. The second kappa shape index (κ2) is 6.04. The summed E-state index contributed by atoms with van der Waals surface area (Å²) in [6.45, 7) is 2.10. The van der Waals surface area contributed by atoms with Crippen molar-refractivity contribution in [1.29, 1.82) is 0 Å². The number of rotatable bonds is 2. The molecular weight excluding hydrogens is 342 g/mol. The number of carbonyl (C=O) groups is 2. The van der Waals surface area contributed by atoms with Gasteiger partial charge in [0.25, 0.3) is 5.95 Å². The Bertz CT molecular complexity index is 909. The molecule has 7 nitrogen and oxygen atoms in total. The molecule has 2 aromatic rings. The van der Waals surface area contributed by atoms with E-state index in [0.717, 1.165) is 12.0 Å². The zero-order valence-corrected chi connectivity index (χ0v) is 15.1. The van der Waals surface area contributed by atoms with E-state index in [1.807, 2.05) is 35.0 Å². The fourth-order valence-electron chi connectivity index (χ4n) is 4.39. The number of benzene rings is 1. The fraction of sp³-hybridized carbons (Fsp3) is 0.400. The van der Waals surface area contributed by atoms with Crippen molar-refractivity contribution in [2.24, 2.45) is 11.8 Å². The van der Waals surface area contributed by atoms with E-state index in [2.05, 4.69) is 34.5 Å². The van der Waals surface area contributed by atoms with Crippen molar-refractivity contribution < 1.29 is 9.59 Å². The van der Waals surface area contributed by atoms with Crippen molar-refractivity contribution in [3.63, 3.8) is 0 Å². The number of fused-ring (bicyclic) bond motifs is 2. The first kappa shape index (κ1) is 16.2. The van der Waals surface area contributed by atoms with Crippen LogP contribution in [0.2, 0.25) is 0 Å². The van der Waals surface area contributed by atoms with Crippen LogP contribution in [0.25, 0.3) is 0 Å². The highest BCUT2D eigenvalue weighted by molar-refractivity contribution is 6.21. The molecule has 0 bridgehead atoms. The summed E-state index contributed by atoms with van der Waals surface area (Å²) in [6.07, 6.45) is 6.05. The average molecular weight is 363 g/mol. The van der Waals surface area contributed by atoms with Crippen molar-refractivity contribution in [3.8, 4) is 0 Å². The number of allylic oxidation sites excluding steroid dienone is 2. The Morgan fingerprint density at radius 1 is 1.04 bits per heavy atom. The molecule has 1 aromatic carbocycles. The first-order chi connectivity index (χ1) is 13.1. The summed E-state index contributed by atoms with van der Waals surface area (Å²) in [5, 5.41) is 7.91. The lowest BCUT2D eigenvalue weighted by Gasteiger charge is -2.29. The Labute approximate surface area is 157 Å². The zero-order valence-electron chi connectivity index (χ0n) is 15.1. The van der Waals surface area contributed by atoms with Gasteiger partial charge in [-0.1, -0.05) is 42.5 Å². The van der Waals surface area contributed by atoms with E-state index in [-0.39, 0.29) is 41.7 Å². The maximum absolute atomic E-state index is 12.8. The molecule has 3 aliphatic rings. The first-order valence-corrected chi connectivity index (χ1v) is 9.44. The van der Waals surface area contributed by atoms with Crippen molar-refractivity contribution in [2.45, 2.75) is 38.3 Å². The molecule has 5 rings (SSSR count). The van der Waals surface area contributed by atoms with Crippen LogP contribution < -0.4 is 10.2 Å². The van der Waals surface area contributed by atoms with E-state index >= 15 is 0 Å². The Morgan fingerprint density at radius 2 is 1.70 bits per heavy atom. The molecule has 2 amide bonds. The maximum atomic E-state index is 12.8. The van der Waals surface area contributed by atoms with Crippen LogP contribution in [0.4, 0.5) is 11.9 Å². The molecule has 1 aliphatic carbocycles. The molecule has 7 heteroatoms. The van der Waals surface area contributed by atoms with Gasteiger partial charge < -0.3 is 5.32 Å². The smallest absolute Gasteiger partial charge is 0.260 e. The Balaban J connectivity index is 1.53. The van der Waals surface area contributed by atoms with Crippen molar-refractivity contribution in [3.05, 3.63) is 48.0 Å². The molecule has 0 saturated carbocycles. The standard InChI is InChI=1S/C20H21N5O2/c1-12-11-16(13-7-3-2-4-8-13)25-19(21-12)22-20(23-25)24-17(26)14-9-5-6-10-15(14)18(24)27/h2-8,12,14-16H,9-11H2,1H3,(H,21,22,23)/t12-,14+,15+,16+/m1/s1. The highest BCUT2D eigenvalue weighted by Crippen LogP contribution is 2.38. The summed E-state index contributed by atoms with van der Waals surface area (Å²) in [4.78, 5) is 31.4. The van der Waals surface area contributed by atoms with Crippen molar-refractivity contribution in [1.82, 2.24) is 14.8 Å². The summed E-state index contributed by atoms with van der Waals surface area (Å²) in [6, 6.07) is 10.4. The number of anilines is 2. The van der Waals surface area contributed by atoms with Gasteiger partial charge in [-0.2, -0.15) is 4.98 Å². The molecule has 0 radical (unpaired) electrons. The molecule has 0 spiro atoms. The predicted molar refractivity (Wildman–Crippen MR) is 100 cm³/mol. The number of amides is 2. The van der Waals surface area contributed by atoms with E-state index in [0.29, 0.717) is 18.8 Å². The lowest BCUT2D eigenvalue weighted by Crippen LogP contribution is -2.32. The van der Waals surface area contributed by atoms with Crippen LogP contribution in [-0.4, -0.2) is 32.6 Å². The summed E-state index contributed by atoms with van der Waals surface area (Å²) in [5.41, 5.74) is 1.14. The van der Waals surface area contributed by atoms with Gasteiger partial charge in [-0.05, 0) is 31.7 Å². The van der Waals surface area contributed by atoms with E-state index in [4.69, 9.17) is 0 Å². The zero-order chi connectivity index (χ0) is 18.5. The van der Waals surface area contributed by atoms with Gasteiger partial charge in [-0.3, -0.25) is 9.59 Å². The van der Waals surface area contributed by atoms with Crippen LogP contribution in [0.3, 0.4) is 0 Å². The molecule has 27 heavy (non-hydrogen) atoms. The quantitative estimate of drug-likeness (QED) is 0.655. The van der Waals surface area contributed by atoms with Crippen molar-refractivity contribution >= 4 is 23.7 Å². The fourth-order valence-corrected chi connectivity index (χ4v) is 4.39. The number of nitrogens with zero attached hydrogens (tertiary/aromatic N) is 4. The SMILES string of the molecule is C[C@@H]1C[C@@H](c2ccccc2)n2nc(N3C(=O)[C@H]4CC=CC[C@@H]4C3=O)nc2N1. The second-order valence-electron chi connectivity index (χ2n) is 7.56. The number of carbonyl (C=O) groups excluding carboxylic acids is 2. The van der Waals surface area contributed by atoms with Crippen LogP contribution in [0.1, 0.15) is 37.8 Å². The molecule has 1 aromatic heterocycles. The van der Waals surface area contributed by atoms with E-state index in [9.17, 15) is 9.59 Å². The summed E-state index contributed by atoms with van der Waals surface area (Å²) in [7, 11) is 0. The van der Waals surface area contributed by atoms with Gasteiger partial charge in [-0.15, -0.1) is 5.10 Å². The highest BCUT2D eigenvalue weighted by atomic mass is 16.2. The van der Waals surface area contributed by atoms with E-state index in [1.165, 1.54) is 4.90 Å². The van der Waals surface area contributed by atoms with Gasteiger partial charge in [0.2, 0.25) is 17.8 Å². The summed E-state index contributed by atoms with van der Waals surface area (Å²) < 4.78 is 1.81. The predicted octanol–water partition coefficient (Wildman–Crippen LogP) is 2.53. The van der Waals surface area contributed by atoms with Crippen LogP contribution in [0.5, 0.6) is 0 Å². The Hall–Kier alpha value is -2.96. The van der Waals surface area contributed by atoms with Gasteiger partial charge in [0.05, 0.1) is 17.9 Å². The third-order valence-corrected chi connectivity index (χ3v) is 5.76. The molecule has 1 fully saturated rings. The normalized spacial score (nSPS) is 29.4. The topological polar surface area (TPSA) is 80.1 Å². The Kier molecular flexibility index (Phi) is 3.63. The Morgan fingerprint density at radius 3 is 2.37 bits per heavy atom. The summed E-state index contributed by atoms with van der Waals surface area (Å²) >= 11 is 0. The third kappa shape index (κ3) is 2.49. The summed E-state index contributed by atoms with van der Waals surface area (Å²) in [5.74, 6) is -0.119. The molecule has 138 valence electrons. The van der Waals surface area contributed by atoms with Crippen LogP contribution in [0, 0.1) is 11.8 Å². The van der Waals surface area contributed by atoms with Gasteiger partial charge in [0, 0.05) is 6.04 Å². The van der Waals surface area contributed by atoms with Crippen LogP contribution in [0.15, 0.2) is 42.5 Å². The minimum atomic E-state index is -0.278. The highest BCUT2D eigenvalue weighted by Gasteiger charge is 2.49. The van der Waals surface area contributed by atoms with Crippen molar-refractivity contribution in [2.75, 3.05) is 10.2 Å². The number of hydrogen-bond donors (Lipinski definition) is 1. The van der Waals surface area contributed by atoms with Gasteiger partial charge >= 0.3 is 0 Å². The lowest BCUT2D eigenvalue weighted by molar-refractivity contribution is -0.122. The first-order valence-electron chi connectivity index (χ1n) is 9.44. The van der Waals surface area contributed by atoms with Gasteiger partial charge in [-0.25, -0.2) is 9.58 Å². The number of nitrogens with one attached hydrogen (secondary N) is 1. The third-order valence-electron chi connectivity index (χ3n) is 5.76. The van der Waals surface area contributed by atoms with Gasteiger partial charge in [0.1, 0.15) is 0 Å². The second-order valence-corrected chi connectivity index (χ2v) is 7.56. The molecule has 2 aliphatic heterocycles. The van der Waals surface area contributed by atoms with E-state index in [1.54, 1.807) is 0 Å². The minimum absolute atomic E-state index is 0.0236.